The summed E-state index contributed by atoms with van der Waals surface area (Å²) in [6.07, 6.45) is 6.43. The second-order valence-electron chi connectivity index (χ2n) is 3.59. The summed E-state index contributed by atoms with van der Waals surface area (Å²) >= 11 is 0. The second-order valence-corrected chi connectivity index (χ2v) is 3.59. The molecule has 0 heterocycles. The van der Waals surface area contributed by atoms with Gasteiger partial charge in [0.1, 0.15) is 5.78 Å². The van der Waals surface area contributed by atoms with Crippen LogP contribution in [0, 0.1) is 5.41 Å². The minimum atomic E-state index is -0.0961. The smallest absolute Gasteiger partial charge is 0.140 e. The van der Waals surface area contributed by atoms with Gasteiger partial charge in [-0.15, -0.1) is 6.58 Å². The lowest BCUT2D eigenvalue weighted by molar-refractivity contribution is -0.123. The zero-order valence-electron chi connectivity index (χ0n) is 7.51. The molecule has 2 N–H and O–H groups in total. The average molecular weight is 167 g/mol. The molecule has 0 aromatic carbocycles. The van der Waals surface area contributed by atoms with Crippen molar-refractivity contribution in [3.63, 3.8) is 0 Å². The van der Waals surface area contributed by atoms with E-state index in [0.717, 1.165) is 25.7 Å². The highest BCUT2D eigenvalue weighted by molar-refractivity contribution is 5.87. The van der Waals surface area contributed by atoms with E-state index in [2.05, 4.69) is 6.58 Å². The van der Waals surface area contributed by atoms with Crippen molar-refractivity contribution in [2.75, 3.05) is 6.54 Å². The lowest BCUT2D eigenvalue weighted by Crippen LogP contribution is -2.24. The van der Waals surface area contributed by atoms with Gasteiger partial charge in [-0.25, -0.2) is 0 Å². The van der Waals surface area contributed by atoms with Crippen molar-refractivity contribution in [2.24, 2.45) is 11.1 Å². The normalized spacial score (nSPS) is 18.8. The zero-order chi connectivity index (χ0) is 9.03. The Kier molecular flexibility index (Phi) is 3.04. The van der Waals surface area contributed by atoms with E-state index in [4.69, 9.17) is 5.73 Å². The Bertz CT molecular complexity index is 182. The standard InChI is InChI=1S/C10H17NO/c1-2-3-4-5-9(12)10(8-11)6-7-10/h2H,1,3-8,11H2. The first kappa shape index (κ1) is 9.46. The van der Waals surface area contributed by atoms with E-state index in [1.165, 1.54) is 0 Å². The molecule has 0 amide bonds. The van der Waals surface area contributed by atoms with Gasteiger partial charge in [-0.2, -0.15) is 0 Å². The fourth-order valence-corrected chi connectivity index (χ4v) is 1.42. The molecular formula is C10H17NO. The van der Waals surface area contributed by atoms with Gasteiger partial charge in [0.05, 0.1) is 0 Å². The number of rotatable bonds is 6. The molecule has 12 heavy (non-hydrogen) atoms. The Hall–Kier alpha value is -0.630. The second kappa shape index (κ2) is 3.85. The molecule has 2 heteroatoms. The predicted octanol–water partition coefficient (Wildman–Crippen LogP) is 1.65. The molecule has 0 saturated heterocycles. The topological polar surface area (TPSA) is 43.1 Å². The van der Waals surface area contributed by atoms with Crippen molar-refractivity contribution < 1.29 is 4.79 Å². The minimum absolute atomic E-state index is 0.0961. The van der Waals surface area contributed by atoms with Crippen LogP contribution in [0.4, 0.5) is 0 Å². The number of unbranched alkanes of at least 4 members (excludes halogenated alkanes) is 1. The Morgan fingerprint density at radius 2 is 2.25 bits per heavy atom. The van der Waals surface area contributed by atoms with Crippen molar-refractivity contribution in [3.8, 4) is 0 Å². The van der Waals surface area contributed by atoms with Crippen molar-refractivity contribution in [1.82, 2.24) is 0 Å². The lowest BCUT2D eigenvalue weighted by atomic mass is 9.97. The van der Waals surface area contributed by atoms with E-state index >= 15 is 0 Å². The Morgan fingerprint density at radius 3 is 2.67 bits per heavy atom. The third kappa shape index (κ3) is 1.95. The summed E-state index contributed by atoms with van der Waals surface area (Å²) in [6.45, 7) is 4.16. The van der Waals surface area contributed by atoms with Crippen LogP contribution >= 0.6 is 0 Å². The fourth-order valence-electron chi connectivity index (χ4n) is 1.42. The highest BCUT2D eigenvalue weighted by Crippen LogP contribution is 2.46. The van der Waals surface area contributed by atoms with Crippen LogP contribution in [-0.2, 0) is 4.79 Å². The summed E-state index contributed by atoms with van der Waals surface area (Å²) in [5, 5.41) is 0. The lowest BCUT2D eigenvalue weighted by Gasteiger charge is -2.09. The Labute approximate surface area is 73.8 Å². The zero-order valence-corrected chi connectivity index (χ0v) is 7.51. The predicted molar refractivity (Wildman–Crippen MR) is 49.8 cm³/mol. The van der Waals surface area contributed by atoms with E-state index in [0.29, 0.717) is 18.7 Å². The van der Waals surface area contributed by atoms with Crippen molar-refractivity contribution in [2.45, 2.75) is 32.1 Å². The third-order valence-electron chi connectivity index (χ3n) is 2.65. The first-order valence-electron chi connectivity index (χ1n) is 4.59. The van der Waals surface area contributed by atoms with Gasteiger partial charge < -0.3 is 5.73 Å². The Balaban J connectivity index is 2.24. The van der Waals surface area contributed by atoms with Gasteiger partial charge in [-0.05, 0) is 25.7 Å². The molecule has 1 aliphatic rings. The fraction of sp³-hybridized carbons (Fsp3) is 0.700. The molecule has 68 valence electrons. The molecule has 2 nitrogen and oxygen atoms in total. The van der Waals surface area contributed by atoms with Crippen LogP contribution in [0.15, 0.2) is 12.7 Å². The molecule has 0 bridgehead atoms. The molecule has 1 rings (SSSR count). The van der Waals surface area contributed by atoms with Crippen LogP contribution in [0.25, 0.3) is 0 Å². The molecule has 0 aromatic heterocycles. The monoisotopic (exact) mass is 167 g/mol. The van der Waals surface area contributed by atoms with Gasteiger partial charge in [0.2, 0.25) is 0 Å². The summed E-state index contributed by atoms with van der Waals surface area (Å²) in [5.74, 6) is 0.367. The number of hydrogen-bond donors (Lipinski definition) is 1. The largest absolute Gasteiger partial charge is 0.329 e. The van der Waals surface area contributed by atoms with Crippen LogP contribution in [0.1, 0.15) is 32.1 Å². The van der Waals surface area contributed by atoms with Gasteiger partial charge in [0, 0.05) is 18.4 Å². The number of carbonyl (C=O) groups is 1. The third-order valence-corrected chi connectivity index (χ3v) is 2.65. The van der Waals surface area contributed by atoms with Crippen LogP contribution in [0.2, 0.25) is 0 Å². The van der Waals surface area contributed by atoms with Crippen LogP contribution < -0.4 is 5.73 Å². The SMILES string of the molecule is C=CCCCC(=O)C1(CN)CC1. The maximum absolute atomic E-state index is 11.5. The summed E-state index contributed by atoms with van der Waals surface area (Å²) in [7, 11) is 0. The van der Waals surface area contributed by atoms with Crippen LogP contribution in [0.3, 0.4) is 0 Å². The summed E-state index contributed by atoms with van der Waals surface area (Å²) in [4.78, 5) is 11.5. The molecule has 1 saturated carbocycles. The van der Waals surface area contributed by atoms with Crippen LogP contribution in [-0.4, -0.2) is 12.3 Å². The van der Waals surface area contributed by atoms with Crippen molar-refractivity contribution in [1.29, 1.82) is 0 Å². The molecule has 0 radical (unpaired) electrons. The van der Waals surface area contributed by atoms with E-state index in [9.17, 15) is 4.79 Å². The molecular weight excluding hydrogens is 150 g/mol. The minimum Gasteiger partial charge on any atom is -0.329 e. The number of Topliss-reactive ketones (excluding diaryl/α,β-unsaturated/α-hetero) is 1. The number of carbonyl (C=O) groups excluding carboxylic acids is 1. The summed E-state index contributed by atoms with van der Waals surface area (Å²) in [5.41, 5.74) is 5.44. The quantitative estimate of drug-likeness (QED) is 0.483. The summed E-state index contributed by atoms with van der Waals surface area (Å²) in [6, 6.07) is 0. The number of hydrogen-bond acceptors (Lipinski definition) is 2. The molecule has 0 aromatic rings. The Morgan fingerprint density at radius 1 is 1.58 bits per heavy atom. The van der Waals surface area contributed by atoms with E-state index in [1.54, 1.807) is 0 Å². The van der Waals surface area contributed by atoms with Crippen molar-refractivity contribution in [3.05, 3.63) is 12.7 Å². The number of nitrogens with two attached hydrogens (primary N) is 1. The maximum atomic E-state index is 11.5. The molecule has 0 spiro atoms. The summed E-state index contributed by atoms with van der Waals surface area (Å²) < 4.78 is 0. The van der Waals surface area contributed by atoms with Crippen molar-refractivity contribution >= 4 is 5.78 Å². The molecule has 0 unspecified atom stereocenters. The van der Waals surface area contributed by atoms with E-state index in [-0.39, 0.29) is 5.41 Å². The highest BCUT2D eigenvalue weighted by atomic mass is 16.1. The van der Waals surface area contributed by atoms with Gasteiger partial charge >= 0.3 is 0 Å². The van der Waals surface area contributed by atoms with Gasteiger partial charge in [-0.3, -0.25) is 4.79 Å². The van der Waals surface area contributed by atoms with Gasteiger partial charge in [0.15, 0.2) is 0 Å². The molecule has 1 fully saturated rings. The van der Waals surface area contributed by atoms with Crippen LogP contribution in [0.5, 0.6) is 0 Å². The number of allylic oxidation sites excluding steroid dienone is 1. The molecule has 0 aliphatic heterocycles. The first-order valence-corrected chi connectivity index (χ1v) is 4.59. The number of ketones is 1. The van der Waals surface area contributed by atoms with E-state index in [1.807, 2.05) is 6.08 Å². The molecule has 1 aliphatic carbocycles. The maximum Gasteiger partial charge on any atom is 0.140 e. The first-order chi connectivity index (χ1) is 5.75. The highest BCUT2D eigenvalue weighted by Gasteiger charge is 2.47. The molecule has 0 atom stereocenters. The van der Waals surface area contributed by atoms with E-state index < -0.39 is 0 Å². The average Bonchev–Trinajstić information content (AvgIpc) is 2.85. The van der Waals surface area contributed by atoms with Gasteiger partial charge in [0.25, 0.3) is 0 Å². The van der Waals surface area contributed by atoms with Gasteiger partial charge in [-0.1, -0.05) is 6.08 Å².